The molecule has 0 fully saturated rings. The Labute approximate surface area is 144 Å². The van der Waals surface area contributed by atoms with Gasteiger partial charge in [-0.15, -0.1) is 0 Å². The highest BCUT2D eigenvalue weighted by Gasteiger charge is 2.49. The van der Waals surface area contributed by atoms with E-state index in [4.69, 9.17) is 15.2 Å². The van der Waals surface area contributed by atoms with E-state index < -0.39 is 17.5 Å². The molecule has 25 heavy (non-hydrogen) atoms. The number of ether oxygens (including phenoxy) is 2. The summed E-state index contributed by atoms with van der Waals surface area (Å²) in [5.74, 6) is -1.77. The van der Waals surface area contributed by atoms with Crippen LogP contribution in [0.3, 0.4) is 0 Å². The number of carbonyl (C=O) groups excluding carboxylic acids is 3. The molecule has 0 atom stereocenters. The van der Waals surface area contributed by atoms with E-state index in [1.165, 1.54) is 0 Å². The van der Waals surface area contributed by atoms with Crippen LogP contribution in [0, 0.1) is 0 Å². The Morgan fingerprint density at radius 1 is 1.24 bits per heavy atom. The fourth-order valence-corrected chi connectivity index (χ4v) is 2.72. The Kier molecular flexibility index (Phi) is 5.63. The minimum Gasteiger partial charge on any atom is -0.464 e. The number of anilines is 1. The molecule has 4 N–H and O–H groups in total. The number of nitrogen functional groups attached to an aromatic ring is 1. The molecular weight excluding hydrogens is 326 g/mol. The first-order chi connectivity index (χ1) is 12.0. The molecule has 0 aliphatic heterocycles. The number of benzene rings is 1. The van der Waals surface area contributed by atoms with Gasteiger partial charge in [0, 0.05) is 29.2 Å². The van der Waals surface area contributed by atoms with E-state index in [1.807, 2.05) is 6.07 Å². The van der Waals surface area contributed by atoms with Crippen LogP contribution in [0.2, 0.25) is 0 Å². The Bertz CT molecular complexity index is 766. The van der Waals surface area contributed by atoms with Crippen LogP contribution in [0.5, 0.6) is 0 Å². The number of aromatic nitrogens is 1. The van der Waals surface area contributed by atoms with Crippen molar-refractivity contribution in [2.24, 2.45) is 0 Å². The van der Waals surface area contributed by atoms with E-state index >= 15 is 0 Å². The minimum atomic E-state index is -1.98. The van der Waals surface area contributed by atoms with Gasteiger partial charge in [0.15, 0.2) is 0 Å². The van der Waals surface area contributed by atoms with Crippen molar-refractivity contribution in [2.75, 3.05) is 18.9 Å². The second-order valence-electron chi connectivity index (χ2n) is 5.37. The van der Waals surface area contributed by atoms with Gasteiger partial charge in [0.2, 0.25) is 11.9 Å². The first kappa shape index (κ1) is 18.3. The molecule has 8 nitrogen and oxygen atoms in total. The molecule has 0 unspecified atom stereocenters. The van der Waals surface area contributed by atoms with Gasteiger partial charge in [-0.25, -0.2) is 9.59 Å². The Morgan fingerprint density at radius 3 is 2.44 bits per heavy atom. The van der Waals surface area contributed by atoms with E-state index in [0.717, 1.165) is 5.52 Å². The molecular formula is C17H21N3O5. The van der Waals surface area contributed by atoms with Crippen molar-refractivity contribution < 1.29 is 23.9 Å². The zero-order chi connectivity index (χ0) is 18.4. The fourth-order valence-electron chi connectivity index (χ4n) is 2.72. The van der Waals surface area contributed by atoms with Gasteiger partial charge in [-0.05, 0) is 31.5 Å². The normalized spacial score (nSPS) is 11.1. The third-order valence-corrected chi connectivity index (χ3v) is 3.83. The van der Waals surface area contributed by atoms with Gasteiger partial charge < -0.3 is 25.5 Å². The molecule has 0 radical (unpaired) electrons. The molecule has 0 aliphatic carbocycles. The number of rotatable bonds is 8. The second-order valence-corrected chi connectivity index (χ2v) is 5.37. The second kappa shape index (κ2) is 7.69. The SMILES string of the molecule is CCOC(=O)C(Cc1c[nH]c2cccc(N)c12)(NC=O)C(=O)OCC. The molecule has 0 saturated heterocycles. The highest BCUT2D eigenvalue weighted by Crippen LogP contribution is 2.28. The number of esters is 2. The van der Waals surface area contributed by atoms with Crippen molar-refractivity contribution >= 4 is 34.9 Å². The summed E-state index contributed by atoms with van der Waals surface area (Å²) in [4.78, 5) is 39.2. The van der Waals surface area contributed by atoms with Gasteiger partial charge in [0.1, 0.15) is 0 Å². The number of hydrogen-bond acceptors (Lipinski definition) is 6. The van der Waals surface area contributed by atoms with Gasteiger partial charge >= 0.3 is 11.9 Å². The van der Waals surface area contributed by atoms with Crippen LogP contribution in [-0.4, -0.2) is 42.1 Å². The van der Waals surface area contributed by atoms with E-state index in [0.29, 0.717) is 16.6 Å². The molecule has 0 spiro atoms. The number of H-pyrrole nitrogens is 1. The monoisotopic (exact) mass is 347 g/mol. The van der Waals surface area contributed by atoms with Crippen molar-refractivity contribution in [1.29, 1.82) is 0 Å². The maximum Gasteiger partial charge on any atom is 0.344 e. The van der Waals surface area contributed by atoms with E-state index in [1.54, 1.807) is 32.2 Å². The largest absolute Gasteiger partial charge is 0.464 e. The predicted molar refractivity (Wildman–Crippen MR) is 91.6 cm³/mol. The van der Waals surface area contributed by atoms with Crippen LogP contribution in [-0.2, 0) is 30.3 Å². The van der Waals surface area contributed by atoms with E-state index in [-0.39, 0.29) is 26.0 Å². The smallest absolute Gasteiger partial charge is 0.344 e. The van der Waals surface area contributed by atoms with Crippen molar-refractivity contribution in [3.63, 3.8) is 0 Å². The number of nitrogens with one attached hydrogen (secondary N) is 2. The number of fused-ring (bicyclic) bond motifs is 1. The molecule has 1 amide bonds. The maximum atomic E-state index is 12.5. The van der Waals surface area contributed by atoms with Crippen molar-refractivity contribution in [2.45, 2.75) is 25.8 Å². The molecule has 1 aromatic carbocycles. The quantitative estimate of drug-likeness (QED) is 0.282. The van der Waals surface area contributed by atoms with Crippen LogP contribution in [0.25, 0.3) is 10.9 Å². The zero-order valence-corrected chi connectivity index (χ0v) is 14.1. The molecule has 8 heteroatoms. The summed E-state index contributed by atoms with van der Waals surface area (Å²) in [6.45, 7) is 3.32. The highest BCUT2D eigenvalue weighted by molar-refractivity contribution is 6.07. The third kappa shape index (κ3) is 3.42. The number of nitrogens with two attached hydrogens (primary N) is 1. The lowest BCUT2D eigenvalue weighted by atomic mass is 9.90. The average molecular weight is 347 g/mol. The van der Waals surface area contributed by atoms with Gasteiger partial charge in [-0.3, -0.25) is 4.79 Å². The number of amides is 1. The van der Waals surface area contributed by atoms with Crippen LogP contribution in [0.4, 0.5) is 5.69 Å². The van der Waals surface area contributed by atoms with Crippen LogP contribution in [0.1, 0.15) is 19.4 Å². The summed E-state index contributed by atoms with van der Waals surface area (Å²) >= 11 is 0. The molecule has 0 bridgehead atoms. The maximum absolute atomic E-state index is 12.5. The molecule has 0 aliphatic rings. The molecule has 1 heterocycles. The number of aromatic amines is 1. The van der Waals surface area contributed by atoms with Crippen molar-refractivity contribution in [3.05, 3.63) is 30.0 Å². The number of carbonyl (C=O) groups is 3. The minimum absolute atomic E-state index is 0.0521. The van der Waals surface area contributed by atoms with Gasteiger partial charge in [0.05, 0.1) is 13.2 Å². The van der Waals surface area contributed by atoms with Gasteiger partial charge in [0.25, 0.3) is 0 Å². The summed E-state index contributed by atoms with van der Waals surface area (Å²) < 4.78 is 10.0. The molecule has 2 rings (SSSR count). The molecule has 0 saturated carbocycles. The van der Waals surface area contributed by atoms with Crippen LogP contribution in [0.15, 0.2) is 24.4 Å². The number of hydrogen-bond donors (Lipinski definition) is 3. The first-order valence-corrected chi connectivity index (χ1v) is 7.90. The van der Waals surface area contributed by atoms with Gasteiger partial charge in [-0.2, -0.15) is 0 Å². The summed E-state index contributed by atoms with van der Waals surface area (Å²) in [6.07, 6.45) is 1.77. The third-order valence-electron chi connectivity index (χ3n) is 3.83. The van der Waals surface area contributed by atoms with E-state index in [2.05, 4.69) is 10.3 Å². The van der Waals surface area contributed by atoms with Gasteiger partial charge in [-0.1, -0.05) is 6.07 Å². The topological polar surface area (TPSA) is 124 Å². The zero-order valence-electron chi connectivity index (χ0n) is 14.1. The lowest BCUT2D eigenvalue weighted by Gasteiger charge is -2.28. The predicted octanol–water partition coefficient (Wildman–Crippen LogP) is 0.904. The first-order valence-electron chi connectivity index (χ1n) is 7.90. The summed E-state index contributed by atoms with van der Waals surface area (Å²) in [5, 5.41) is 2.98. The lowest BCUT2D eigenvalue weighted by molar-refractivity contribution is -0.167. The summed E-state index contributed by atoms with van der Waals surface area (Å²) in [5.41, 5.74) is 5.87. The Hall–Kier alpha value is -3.03. The Balaban J connectivity index is 2.55. The standard InChI is InChI=1S/C17H21N3O5/c1-3-24-15(22)17(20-10-21,16(23)25-4-2)8-11-9-19-13-7-5-6-12(18)14(11)13/h5-7,9-10,19H,3-4,8,18H2,1-2H3,(H,20,21). The highest BCUT2D eigenvalue weighted by atomic mass is 16.6. The van der Waals surface area contributed by atoms with Crippen molar-refractivity contribution in [1.82, 2.24) is 10.3 Å². The van der Waals surface area contributed by atoms with Crippen LogP contribution < -0.4 is 11.1 Å². The lowest BCUT2D eigenvalue weighted by Crippen LogP contribution is -2.60. The Morgan fingerprint density at radius 2 is 1.88 bits per heavy atom. The fraction of sp³-hybridized carbons (Fsp3) is 0.353. The van der Waals surface area contributed by atoms with Crippen LogP contribution >= 0.6 is 0 Å². The summed E-state index contributed by atoms with van der Waals surface area (Å²) in [7, 11) is 0. The average Bonchev–Trinajstić information content (AvgIpc) is 2.99. The summed E-state index contributed by atoms with van der Waals surface area (Å²) in [6, 6.07) is 5.31. The van der Waals surface area contributed by atoms with Crippen molar-refractivity contribution in [3.8, 4) is 0 Å². The molecule has 1 aromatic heterocycles. The molecule has 2 aromatic rings. The van der Waals surface area contributed by atoms with E-state index in [9.17, 15) is 14.4 Å². The molecule has 134 valence electrons.